The highest BCUT2D eigenvalue weighted by molar-refractivity contribution is 6.30. The number of hydrogen-bond acceptors (Lipinski definition) is 4. The van der Waals surface area contributed by atoms with Gasteiger partial charge in [-0.05, 0) is 24.3 Å². The zero-order chi connectivity index (χ0) is 12.7. The van der Waals surface area contributed by atoms with Crippen LogP contribution in [0.4, 0.5) is 5.69 Å². The van der Waals surface area contributed by atoms with E-state index < -0.39 is 0 Å². The highest BCUT2D eigenvalue weighted by Crippen LogP contribution is 2.12. The van der Waals surface area contributed by atoms with Gasteiger partial charge in [0.2, 0.25) is 0 Å². The summed E-state index contributed by atoms with van der Waals surface area (Å²) in [5.41, 5.74) is 5.67. The lowest BCUT2D eigenvalue weighted by atomic mass is 10.3. The number of nitrogens with one attached hydrogen (secondary N) is 1. The van der Waals surface area contributed by atoms with Crippen molar-refractivity contribution in [2.45, 2.75) is 0 Å². The van der Waals surface area contributed by atoms with Crippen molar-refractivity contribution in [3.05, 3.63) is 40.7 Å². The summed E-state index contributed by atoms with van der Waals surface area (Å²) in [5, 5.41) is 20.6. The fourth-order valence-corrected chi connectivity index (χ4v) is 1.06. The normalized spacial score (nSPS) is 11.5. The molecule has 17 heavy (non-hydrogen) atoms. The smallest absolute Gasteiger partial charge is 0.175 e. The summed E-state index contributed by atoms with van der Waals surface area (Å²) in [7, 11) is 0. The summed E-state index contributed by atoms with van der Waals surface area (Å²) in [6.07, 6.45) is 1.28. The van der Waals surface area contributed by atoms with Crippen LogP contribution in [0.15, 0.2) is 40.7 Å². The fraction of sp³-hybridized carbons (Fsp3) is 0. The second kappa shape index (κ2) is 6.16. The number of rotatable bonds is 3. The van der Waals surface area contributed by atoms with Gasteiger partial charge in [0.25, 0.3) is 0 Å². The number of allylic oxidation sites excluding steroid dienone is 2. The molecular weight excluding hydrogens is 238 g/mol. The second-order valence-corrected chi connectivity index (χ2v) is 3.33. The maximum absolute atomic E-state index is 8.66. The van der Waals surface area contributed by atoms with Gasteiger partial charge in [0.15, 0.2) is 5.70 Å². The fourth-order valence-electron chi connectivity index (χ4n) is 0.929. The van der Waals surface area contributed by atoms with Crippen LogP contribution in [-0.4, -0.2) is 6.34 Å². The highest BCUT2D eigenvalue weighted by atomic mass is 35.5. The number of nitrogens with zero attached hydrogens (tertiary/aromatic N) is 3. The third-order valence-corrected chi connectivity index (χ3v) is 2.00. The monoisotopic (exact) mass is 245 g/mol. The molecular formula is C11H8ClN5. The van der Waals surface area contributed by atoms with Crippen LogP contribution in [0.1, 0.15) is 0 Å². The zero-order valence-electron chi connectivity index (χ0n) is 8.68. The van der Waals surface area contributed by atoms with Crippen LogP contribution in [-0.2, 0) is 0 Å². The molecule has 5 nitrogen and oxygen atoms in total. The molecule has 0 radical (unpaired) electrons. The Morgan fingerprint density at radius 2 is 1.94 bits per heavy atom. The second-order valence-electron chi connectivity index (χ2n) is 2.90. The van der Waals surface area contributed by atoms with E-state index in [1.54, 1.807) is 36.4 Å². The molecule has 0 aliphatic rings. The number of halogens is 1. The van der Waals surface area contributed by atoms with Gasteiger partial charge in [-0.1, -0.05) is 11.6 Å². The molecule has 0 bridgehead atoms. The Balaban J connectivity index is 2.72. The van der Waals surface area contributed by atoms with Crippen molar-refractivity contribution in [1.29, 1.82) is 10.5 Å². The Morgan fingerprint density at radius 1 is 1.29 bits per heavy atom. The van der Waals surface area contributed by atoms with Crippen molar-refractivity contribution in [1.82, 2.24) is 0 Å². The lowest BCUT2D eigenvalue weighted by Crippen LogP contribution is -2.00. The standard InChI is InChI=1S/C11H8ClN5/c12-8-1-3-9(4-2-8)16-7-17-11(6-14)10(15)5-13/h1-4,7H,15H2,(H,16,17)/b11-10-. The predicted octanol–water partition coefficient (Wildman–Crippen LogP) is 2.00. The van der Waals surface area contributed by atoms with Crippen molar-refractivity contribution in [2.24, 2.45) is 10.7 Å². The van der Waals surface area contributed by atoms with Crippen molar-refractivity contribution >= 4 is 23.6 Å². The van der Waals surface area contributed by atoms with Gasteiger partial charge in [-0.25, -0.2) is 4.99 Å². The van der Waals surface area contributed by atoms with Crippen molar-refractivity contribution in [3.63, 3.8) is 0 Å². The van der Waals surface area contributed by atoms with Gasteiger partial charge in [-0.15, -0.1) is 0 Å². The van der Waals surface area contributed by atoms with Gasteiger partial charge in [0, 0.05) is 10.7 Å². The molecule has 0 amide bonds. The largest absolute Gasteiger partial charge is 0.388 e. The first-order valence-corrected chi connectivity index (χ1v) is 4.89. The molecule has 3 N–H and O–H groups in total. The van der Waals surface area contributed by atoms with Crippen LogP contribution in [0.25, 0.3) is 0 Å². The number of anilines is 1. The van der Waals surface area contributed by atoms with E-state index in [9.17, 15) is 0 Å². The Labute approximate surface area is 103 Å². The minimum absolute atomic E-state index is 0.131. The van der Waals surface area contributed by atoms with Crippen molar-refractivity contribution < 1.29 is 0 Å². The minimum atomic E-state index is -0.221. The van der Waals surface area contributed by atoms with Crippen LogP contribution in [0.3, 0.4) is 0 Å². The molecule has 1 aromatic rings. The molecule has 0 aliphatic carbocycles. The third kappa shape index (κ3) is 3.86. The Kier molecular flexibility index (Phi) is 4.56. The Bertz CT molecular complexity index is 530. The van der Waals surface area contributed by atoms with Crippen molar-refractivity contribution in [3.8, 4) is 12.1 Å². The van der Waals surface area contributed by atoms with E-state index in [4.69, 9.17) is 27.9 Å². The van der Waals surface area contributed by atoms with Crippen LogP contribution in [0, 0.1) is 22.7 Å². The Hall–Kier alpha value is -2.50. The molecule has 0 spiro atoms. The molecule has 0 aliphatic heterocycles. The molecule has 0 heterocycles. The van der Waals surface area contributed by atoms with Gasteiger partial charge in [0.05, 0.1) is 6.34 Å². The summed E-state index contributed by atoms with van der Waals surface area (Å²) in [6.45, 7) is 0. The molecule has 0 saturated carbocycles. The molecule has 0 atom stereocenters. The van der Waals surface area contributed by atoms with Gasteiger partial charge in [0.1, 0.15) is 17.8 Å². The maximum atomic E-state index is 8.66. The van der Waals surface area contributed by atoms with Crippen molar-refractivity contribution in [2.75, 3.05) is 5.32 Å². The first kappa shape index (κ1) is 12.6. The van der Waals surface area contributed by atoms with E-state index in [-0.39, 0.29) is 11.4 Å². The highest BCUT2D eigenvalue weighted by Gasteiger charge is 1.97. The lowest BCUT2D eigenvalue weighted by Gasteiger charge is -1.99. The Morgan fingerprint density at radius 3 is 2.47 bits per heavy atom. The molecule has 0 unspecified atom stereocenters. The van der Waals surface area contributed by atoms with Crippen LogP contribution in [0.5, 0.6) is 0 Å². The molecule has 1 rings (SSSR count). The topological polar surface area (TPSA) is 98.0 Å². The number of hydrogen-bond donors (Lipinski definition) is 2. The molecule has 84 valence electrons. The van der Waals surface area contributed by atoms with Crippen LogP contribution >= 0.6 is 11.6 Å². The molecule has 0 fully saturated rings. The van der Waals surface area contributed by atoms with E-state index in [0.29, 0.717) is 5.02 Å². The van der Waals surface area contributed by atoms with Gasteiger partial charge >= 0.3 is 0 Å². The van der Waals surface area contributed by atoms with E-state index in [0.717, 1.165) is 5.69 Å². The SMILES string of the molecule is N#C/C(N)=C(\C#N)N=CNc1ccc(Cl)cc1. The van der Waals surface area contributed by atoms with E-state index in [1.165, 1.54) is 6.34 Å². The molecule has 0 aromatic heterocycles. The lowest BCUT2D eigenvalue weighted by molar-refractivity contribution is 1.27. The predicted molar refractivity (Wildman–Crippen MR) is 66.0 cm³/mol. The minimum Gasteiger partial charge on any atom is -0.388 e. The summed E-state index contributed by atoms with van der Waals surface area (Å²) in [5.74, 6) is 0. The average Bonchev–Trinajstić information content (AvgIpc) is 2.36. The summed E-state index contributed by atoms with van der Waals surface area (Å²) in [4.78, 5) is 3.73. The maximum Gasteiger partial charge on any atom is 0.175 e. The number of aliphatic imine (C=N–C) groups is 1. The number of nitrogens with two attached hydrogens (primary N) is 1. The molecule has 0 saturated heterocycles. The van der Waals surface area contributed by atoms with Crippen LogP contribution < -0.4 is 11.1 Å². The average molecular weight is 246 g/mol. The third-order valence-electron chi connectivity index (χ3n) is 1.75. The first-order chi connectivity index (χ1) is 8.17. The number of nitriles is 2. The van der Waals surface area contributed by atoms with Crippen LogP contribution in [0.2, 0.25) is 5.02 Å². The van der Waals surface area contributed by atoms with E-state index in [2.05, 4.69) is 10.3 Å². The van der Waals surface area contributed by atoms with Gasteiger partial charge < -0.3 is 11.1 Å². The zero-order valence-corrected chi connectivity index (χ0v) is 9.44. The number of benzene rings is 1. The summed E-state index contributed by atoms with van der Waals surface area (Å²) >= 11 is 5.71. The quantitative estimate of drug-likeness (QED) is 0.483. The van der Waals surface area contributed by atoms with E-state index in [1.807, 2.05) is 0 Å². The first-order valence-electron chi connectivity index (χ1n) is 4.52. The van der Waals surface area contributed by atoms with Gasteiger partial charge in [-0.3, -0.25) is 0 Å². The molecule has 1 aromatic carbocycles. The van der Waals surface area contributed by atoms with Gasteiger partial charge in [-0.2, -0.15) is 10.5 Å². The summed E-state index contributed by atoms with van der Waals surface area (Å²) < 4.78 is 0. The molecule has 6 heteroatoms. The summed E-state index contributed by atoms with van der Waals surface area (Å²) in [6, 6.07) is 10.3. The van der Waals surface area contributed by atoms with E-state index >= 15 is 0 Å².